The maximum Gasteiger partial charge on any atom is 0.259 e. The molecule has 2 heterocycles. The predicted octanol–water partition coefficient (Wildman–Crippen LogP) is 4.60. The fourth-order valence-corrected chi connectivity index (χ4v) is 4.14. The second kappa shape index (κ2) is 6.93. The number of rotatable bonds is 4. The number of nitrogens with zero attached hydrogens (tertiary/aromatic N) is 2. The lowest BCUT2D eigenvalue weighted by Crippen LogP contribution is -2.32. The van der Waals surface area contributed by atoms with Gasteiger partial charge in [0.15, 0.2) is 0 Å². The maximum absolute atomic E-state index is 13.5. The molecule has 2 amide bonds. The number of hydrogen-bond acceptors (Lipinski definition) is 2. The Hall–Kier alpha value is -2.88. The summed E-state index contributed by atoms with van der Waals surface area (Å²) in [7, 11) is 0. The lowest BCUT2D eigenvalue weighted by Gasteiger charge is -2.19. The molecule has 2 aromatic carbocycles. The molecule has 0 unspecified atom stereocenters. The van der Waals surface area contributed by atoms with Crippen LogP contribution in [0.3, 0.4) is 0 Å². The molecule has 2 aliphatic rings. The number of para-hydroxylation sites is 2. The number of amides is 2. The van der Waals surface area contributed by atoms with E-state index in [1.165, 1.54) is 0 Å². The fourth-order valence-electron chi connectivity index (χ4n) is 4.14. The summed E-state index contributed by atoms with van der Waals surface area (Å²) in [4.78, 5) is 30.6. The molecule has 4 rings (SSSR count). The Kier molecular flexibility index (Phi) is 4.58. The monoisotopic (exact) mass is 374 g/mol. The summed E-state index contributed by atoms with van der Waals surface area (Å²) >= 11 is 0. The molecule has 4 nitrogen and oxygen atoms in total. The average Bonchev–Trinajstić information content (AvgIpc) is 3.07. The first-order chi connectivity index (χ1) is 13.4. The molecular weight excluding hydrogens is 348 g/mol. The Morgan fingerprint density at radius 2 is 1.00 bits per heavy atom. The molecule has 0 bridgehead atoms. The van der Waals surface area contributed by atoms with Crippen molar-refractivity contribution in [2.24, 2.45) is 11.8 Å². The molecule has 0 fully saturated rings. The van der Waals surface area contributed by atoms with E-state index < -0.39 is 0 Å². The van der Waals surface area contributed by atoms with Crippen molar-refractivity contribution in [3.05, 3.63) is 59.7 Å². The Morgan fingerprint density at radius 3 is 1.36 bits per heavy atom. The fraction of sp³-hybridized carbons (Fsp3) is 0.333. The standard InChI is InChI=1S/C24H26N2O2/c1-15(2)13-25-19-11-7-5-9-17(19)21(23(25)27)22-18-10-6-8-12-20(18)26(24(22)28)14-16(3)4/h5-12,15-16H,13-14H2,1-4H3/b22-21+. The summed E-state index contributed by atoms with van der Waals surface area (Å²) in [6, 6.07) is 15.6. The van der Waals surface area contributed by atoms with Gasteiger partial charge < -0.3 is 9.80 Å². The molecule has 28 heavy (non-hydrogen) atoms. The van der Waals surface area contributed by atoms with E-state index in [0.717, 1.165) is 22.5 Å². The van der Waals surface area contributed by atoms with Gasteiger partial charge >= 0.3 is 0 Å². The average molecular weight is 374 g/mol. The number of carbonyl (C=O) groups excluding carboxylic acids is 2. The van der Waals surface area contributed by atoms with Gasteiger partial charge in [0.1, 0.15) is 0 Å². The van der Waals surface area contributed by atoms with Crippen molar-refractivity contribution in [2.45, 2.75) is 27.7 Å². The van der Waals surface area contributed by atoms with Crippen molar-refractivity contribution < 1.29 is 9.59 Å². The highest BCUT2D eigenvalue weighted by Crippen LogP contribution is 2.46. The van der Waals surface area contributed by atoms with Gasteiger partial charge in [-0.3, -0.25) is 9.59 Å². The molecule has 0 aromatic heterocycles. The van der Waals surface area contributed by atoms with Gasteiger partial charge in [0, 0.05) is 24.2 Å². The molecule has 2 aromatic rings. The van der Waals surface area contributed by atoms with Crippen LogP contribution in [0.5, 0.6) is 0 Å². The van der Waals surface area contributed by atoms with Crippen LogP contribution in [0.1, 0.15) is 38.8 Å². The topological polar surface area (TPSA) is 40.6 Å². The van der Waals surface area contributed by atoms with Crippen molar-refractivity contribution in [3.8, 4) is 0 Å². The van der Waals surface area contributed by atoms with Crippen molar-refractivity contribution >= 4 is 34.3 Å². The first-order valence-corrected chi connectivity index (χ1v) is 9.97. The van der Waals surface area contributed by atoms with Gasteiger partial charge in [-0.05, 0) is 24.0 Å². The van der Waals surface area contributed by atoms with Crippen molar-refractivity contribution in [3.63, 3.8) is 0 Å². The van der Waals surface area contributed by atoms with Crippen molar-refractivity contribution in [2.75, 3.05) is 22.9 Å². The summed E-state index contributed by atoms with van der Waals surface area (Å²) < 4.78 is 0. The van der Waals surface area contributed by atoms with Crippen LogP contribution in [-0.4, -0.2) is 24.9 Å². The molecule has 0 saturated carbocycles. The number of anilines is 2. The molecule has 0 atom stereocenters. The van der Waals surface area contributed by atoms with E-state index in [4.69, 9.17) is 0 Å². The van der Waals surface area contributed by atoms with E-state index in [0.29, 0.717) is 36.1 Å². The largest absolute Gasteiger partial charge is 0.307 e. The van der Waals surface area contributed by atoms with Gasteiger partial charge in [-0.15, -0.1) is 0 Å². The van der Waals surface area contributed by atoms with Crippen LogP contribution in [0, 0.1) is 11.8 Å². The number of fused-ring (bicyclic) bond motifs is 2. The smallest absolute Gasteiger partial charge is 0.259 e. The van der Waals surface area contributed by atoms with Crippen LogP contribution in [0.15, 0.2) is 48.5 Å². The second-order valence-electron chi connectivity index (χ2n) is 8.40. The third-order valence-corrected chi connectivity index (χ3v) is 5.19. The van der Waals surface area contributed by atoms with Crippen molar-refractivity contribution in [1.82, 2.24) is 0 Å². The van der Waals surface area contributed by atoms with E-state index in [2.05, 4.69) is 27.7 Å². The minimum atomic E-state index is -0.0700. The Morgan fingerprint density at radius 1 is 0.643 bits per heavy atom. The van der Waals surface area contributed by atoms with E-state index >= 15 is 0 Å². The zero-order chi connectivity index (χ0) is 20.0. The molecule has 0 radical (unpaired) electrons. The summed E-state index contributed by atoms with van der Waals surface area (Å²) in [5.74, 6) is 0.537. The predicted molar refractivity (Wildman–Crippen MR) is 114 cm³/mol. The van der Waals surface area contributed by atoms with Crippen LogP contribution in [0.4, 0.5) is 11.4 Å². The summed E-state index contributed by atoms with van der Waals surface area (Å²) in [5.41, 5.74) is 4.60. The van der Waals surface area contributed by atoms with Gasteiger partial charge in [-0.2, -0.15) is 0 Å². The first-order valence-electron chi connectivity index (χ1n) is 9.97. The minimum Gasteiger partial charge on any atom is -0.307 e. The van der Waals surface area contributed by atoms with Gasteiger partial charge in [-0.25, -0.2) is 0 Å². The van der Waals surface area contributed by atoms with Crippen molar-refractivity contribution in [1.29, 1.82) is 0 Å². The molecule has 4 heteroatoms. The Balaban J connectivity index is 1.93. The quantitative estimate of drug-likeness (QED) is 0.734. The SMILES string of the molecule is CC(C)CN1C(=O)/C(=C2/C(=O)N(CC(C)C)c3ccccc32)c2ccccc21. The molecule has 2 aliphatic heterocycles. The van der Waals surface area contributed by atoms with Crippen LogP contribution in [0.25, 0.3) is 11.1 Å². The molecule has 0 aliphatic carbocycles. The normalized spacial score (nSPS) is 18.5. The van der Waals surface area contributed by atoms with Gasteiger partial charge in [0.05, 0.1) is 22.5 Å². The Bertz CT molecular complexity index is 908. The molecule has 0 N–H and O–H groups in total. The highest BCUT2D eigenvalue weighted by Gasteiger charge is 2.41. The third kappa shape index (κ3) is 2.84. The molecule has 0 spiro atoms. The van der Waals surface area contributed by atoms with Gasteiger partial charge in [-0.1, -0.05) is 64.1 Å². The van der Waals surface area contributed by atoms with E-state index in [9.17, 15) is 9.59 Å². The number of carbonyl (C=O) groups is 2. The third-order valence-electron chi connectivity index (χ3n) is 5.19. The number of hydrogen-bond donors (Lipinski definition) is 0. The van der Waals surface area contributed by atoms with Crippen LogP contribution < -0.4 is 9.80 Å². The second-order valence-corrected chi connectivity index (χ2v) is 8.40. The maximum atomic E-state index is 13.5. The molecule has 144 valence electrons. The Labute approximate surface area is 166 Å². The van der Waals surface area contributed by atoms with E-state index in [1.807, 2.05) is 58.3 Å². The lowest BCUT2D eigenvalue weighted by molar-refractivity contribution is -0.114. The van der Waals surface area contributed by atoms with Crippen LogP contribution in [0.2, 0.25) is 0 Å². The van der Waals surface area contributed by atoms with E-state index in [1.54, 1.807) is 0 Å². The first kappa shape index (κ1) is 18.5. The molecular formula is C24H26N2O2. The van der Waals surface area contributed by atoms with Crippen LogP contribution >= 0.6 is 0 Å². The zero-order valence-electron chi connectivity index (χ0n) is 16.9. The van der Waals surface area contributed by atoms with E-state index in [-0.39, 0.29) is 11.8 Å². The minimum absolute atomic E-state index is 0.0700. The van der Waals surface area contributed by atoms with Gasteiger partial charge in [0.2, 0.25) is 0 Å². The summed E-state index contributed by atoms with van der Waals surface area (Å²) in [6.07, 6.45) is 0. The van der Waals surface area contributed by atoms with Gasteiger partial charge in [0.25, 0.3) is 11.8 Å². The molecule has 0 saturated heterocycles. The summed E-state index contributed by atoms with van der Waals surface area (Å²) in [5, 5.41) is 0. The van der Waals surface area contributed by atoms with Crippen LogP contribution in [-0.2, 0) is 9.59 Å². The highest BCUT2D eigenvalue weighted by molar-refractivity contribution is 6.49. The number of benzene rings is 2. The summed E-state index contributed by atoms with van der Waals surface area (Å²) in [6.45, 7) is 9.67. The highest BCUT2D eigenvalue weighted by atomic mass is 16.2. The zero-order valence-corrected chi connectivity index (χ0v) is 16.9. The lowest BCUT2D eigenvalue weighted by atomic mass is 9.96.